The van der Waals surface area contributed by atoms with Crippen molar-refractivity contribution in [2.75, 3.05) is 13.1 Å². The van der Waals surface area contributed by atoms with Crippen LogP contribution >= 0.6 is 12.2 Å². The van der Waals surface area contributed by atoms with Crippen molar-refractivity contribution in [3.8, 4) is 0 Å². The number of nitrogens with zero attached hydrogens (tertiary/aromatic N) is 2. The Morgan fingerprint density at radius 3 is 2.60 bits per heavy atom. The molecule has 1 aliphatic rings. The molecular formula is C25H32N4S. The van der Waals surface area contributed by atoms with Crippen LogP contribution in [0.4, 0.5) is 0 Å². The fraction of sp³-hybridized carbons (Fsp3) is 0.440. The topological polar surface area (TPSA) is 44.0 Å². The summed E-state index contributed by atoms with van der Waals surface area (Å²) < 4.78 is 0. The van der Waals surface area contributed by atoms with E-state index in [9.17, 15) is 0 Å². The lowest BCUT2D eigenvalue weighted by molar-refractivity contribution is 0.312. The SMILES string of the molecule is Cc1cc2nc(CCN(C(=S)NCCc3ccccc3)C3CCCC3)[nH]c2cc1C. The van der Waals surface area contributed by atoms with E-state index >= 15 is 0 Å². The first-order chi connectivity index (χ1) is 14.6. The van der Waals surface area contributed by atoms with Crippen LogP contribution in [-0.2, 0) is 12.8 Å². The van der Waals surface area contributed by atoms with Gasteiger partial charge in [0.2, 0.25) is 0 Å². The molecule has 3 aromatic rings. The third-order valence-electron chi connectivity index (χ3n) is 6.29. The highest BCUT2D eigenvalue weighted by Crippen LogP contribution is 2.24. The van der Waals surface area contributed by atoms with Gasteiger partial charge < -0.3 is 15.2 Å². The van der Waals surface area contributed by atoms with Crippen LogP contribution in [0, 0.1) is 13.8 Å². The molecule has 0 atom stereocenters. The number of rotatable bonds is 7. The van der Waals surface area contributed by atoms with Gasteiger partial charge in [-0.2, -0.15) is 0 Å². The predicted molar refractivity (Wildman–Crippen MR) is 129 cm³/mol. The average molecular weight is 421 g/mol. The molecular weight excluding hydrogens is 388 g/mol. The van der Waals surface area contributed by atoms with Gasteiger partial charge in [0.05, 0.1) is 11.0 Å². The van der Waals surface area contributed by atoms with Gasteiger partial charge in [0.1, 0.15) is 5.82 Å². The van der Waals surface area contributed by atoms with Gasteiger partial charge in [-0.05, 0) is 74.2 Å². The number of aromatic amines is 1. The largest absolute Gasteiger partial charge is 0.362 e. The van der Waals surface area contributed by atoms with Crippen LogP contribution < -0.4 is 5.32 Å². The summed E-state index contributed by atoms with van der Waals surface area (Å²) in [5.41, 5.74) is 6.12. The first-order valence-corrected chi connectivity index (χ1v) is 11.6. The second-order valence-electron chi connectivity index (χ2n) is 8.49. The summed E-state index contributed by atoms with van der Waals surface area (Å²) in [6, 6.07) is 15.5. The maximum atomic E-state index is 5.83. The van der Waals surface area contributed by atoms with Crippen LogP contribution in [0.5, 0.6) is 0 Å². The monoisotopic (exact) mass is 420 g/mol. The summed E-state index contributed by atoms with van der Waals surface area (Å²) >= 11 is 5.83. The predicted octanol–water partition coefficient (Wildman–Crippen LogP) is 5.08. The Kier molecular flexibility index (Phi) is 6.68. The molecule has 2 N–H and O–H groups in total. The molecule has 1 aliphatic carbocycles. The van der Waals surface area contributed by atoms with Gasteiger partial charge in [0.15, 0.2) is 5.11 Å². The van der Waals surface area contributed by atoms with Gasteiger partial charge in [-0.1, -0.05) is 43.2 Å². The van der Waals surface area contributed by atoms with Crippen LogP contribution in [-0.4, -0.2) is 39.1 Å². The van der Waals surface area contributed by atoms with E-state index in [-0.39, 0.29) is 0 Å². The Hall–Kier alpha value is -2.40. The number of imidazole rings is 1. The highest BCUT2D eigenvalue weighted by Gasteiger charge is 2.24. The Labute approximate surface area is 185 Å². The third kappa shape index (κ3) is 5.01. The molecule has 5 heteroatoms. The second-order valence-corrected chi connectivity index (χ2v) is 8.87. The van der Waals surface area contributed by atoms with E-state index < -0.39 is 0 Å². The lowest BCUT2D eigenvalue weighted by Gasteiger charge is -2.31. The third-order valence-corrected chi connectivity index (χ3v) is 6.67. The highest BCUT2D eigenvalue weighted by atomic mass is 32.1. The van der Waals surface area contributed by atoms with E-state index in [2.05, 4.69) is 71.5 Å². The van der Waals surface area contributed by atoms with E-state index in [0.717, 1.165) is 47.9 Å². The molecule has 0 amide bonds. The van der Waals surface area contributed by atoms with Gasteiger partial charge in [-0.25, -0.2) is 4.98 Å². The molecule has 4 nitrogen and oxygen atoms in total. The number of H-pyrrole nitrogens is 1. The fourth-order valence-electron chi connectivity index (χ4n) is 4.39. The summed E-state index contributed by atoms with van der Waals surface area (Å²) in [5.74, 6) is 1.05. The van der Waals surface area contributed by atoms with Crippen molar-refractivity contribution < 1.29 is 0 Å². The first kappa shape index (κ1) is 20.9. The molecule has 1 fully saturated rings. The van der Waals surface area contributed by atoms with Crippen molar-refractivity contribution in [3.63, 3.8) is 0 Å². The minimum Gasteiger partial charge on any atom is -0.362 e. The normalized spacial score (nSPS) is 14.3. The molecule has 4 rings (SSSR count). The molecule has 0 bridgehead atoms. The quantitative estimate of drug-likeness (QED) is 0.523. The Morgan fingerprint density at radius 1 is 1.10 bits per heavy atom. The fourth-order valence-corrected chi connectivity index (χ4v) is 4.74. The minimum atomic E-state index is 0.551. The summed E-state index contributed by atoms with van der Waals surface area (Å²) in [4.78, 5) is 10.8. The van der Waals surface area contributed by atoms with Crippen molar-refractivity contribution in [2.24, 2.45) is 0 Å². The van der Waals surface area contributed by atoms with E-state index in [1.807, 2.05) is 0 Å². The summed E-state index contributed by atoms with van der Waals surface area (Å²) in [6.45, 7) is 6.07. The summed E-state index contributed by atoms with van der Waals surface area (Å²) in [5, 5.41) is 4.40. The van der Waals surface area contributed by atoms with Crippen molar-refractivity contribution in [1.82, 2.24) is 20.2 Å². The van der Waals surface area contributed by atoms with Crippen molar-refractivity contribution in [3.05, 3.63) is 65.0 Å². The lowest BCUT2D eigenvalue weighted by Crippen LogP contribution is -2.46. The smallest absolute Gasteiger partial charge is 0.169 e. The van der Waals surface area contributed by atoms with Crippen LogP contribution in [0.15, 0.2) is 42.5 Å². The number of hydrogen-bond donors (Lipinski definition) is 2. The number of aryl methyl sites for hydroxylation is 2. The van der Waals surface area contributed by atoms with Crippen molar-refractivity contribution in [2.45, 2.75) is 58.4 Å². The number of nitrogens with one attached hydrogen (secondary N) is 2. The van der Waals surface area contributed by atoms with Crippen LogP contribution in [0.1, 0.15) is 48.2 Å². The standard InChI is InChI=1S/C25H32N4S/c1-18-16-22-23(17-19(18)2)28-24(27-22)13-15-29(21-10-6-7-11-21)25(30)26-14-12-20-8-4-3-5-9-20/h3-5,8-9,16-17,21H,6-7,10-15H2,1-2H3,(H,26,30)(H,27,28). The molecule has 158 valence electrons. The van der Waals surface area contributed by atoms with E-state index in [1.165, 1.54) is 42.4 Å². The zero-order valence-corrected chi connectivity index (χ0v) is 18.9. The zero-order valence-electron chi connectivity index (χ0n) is 18.1. The van der Waals surface area contributed by atoms with Crippen molar-refractivity contribution >= 4 is 28.4 Å². The molecule has 1 saturated carbocycles. The van der Waals surface area contributed by atoms with Gasteiger partial charge in [0, 0.05) is 25.6 Å². The van der Waals surface area contributed by atoms with Crippen LogP contribution in [0.25, 0.3) is 11.0 Å². The first-order valence-electron chi connectivity index (χ1n) is 11.1. The highest BCUT2D eigenvalue weighted by molar-refractivity contribution is 7.80. The molecule has 0 unspecified atom stereocenters. The number of aromatic nitrogens is 2. The zero-order chi connectivity index (χ0) is 20.9. The van der Waals surface area contributed by atoms with Gasteiger partial charge in [-0.3, -0.25) is 0 Å². The molecule has 1 heterocycles. The molecule has 30 heavy (non-hydrogen) atoms. The van der Waals surface area contributed by atoms with Gasteiger partial charge in [0.25, 0.3) is 0 Å². The molecule has 0 spiro atoms. The molecule has 0 aliphatic heterocycles. The number of benzene rings is 2. The lowest BCUT2D eigenvalue weighted by atomic mass is 10.1. The van der Waals surface area contributed by atoms with Gasteiger partial charge in [-0.15, -0.1) is 0 Å². The number of thiocarbonyl (C=S) groups is 1. The number of hydrogen-bond acceptors (Lipinski definition) is 2. The minimum absolute atomic E-state index is 0.551. The van der Waals surface area contributed by atoms with E-state index in [1.54, 1.807) is 0 Å². The Bertz CT molecular complexity index is 950. The maximum Gasteiger partial charge on any atom is 0.169 e. The molecule has 0 saturated heterocycles. The average Bonchev–Trinajstić information content (AvgIpc) is 3.39. The second kappa shape index (κ2) is 9.61. The van der Waals surface area contributed by atoms with E-state index in [4.69, 9.17) is 17.2 Å². The Balaban J connectivity index is 1.39. The molecule has 1 aromatic heterocycles. The number of fused-ring (bicyclic) bond motifs is 1. The van der Waals surface area contributed by atoms with Crippen LogP contribution in [0.3, 0.4) is 0 Å². The Morgan fingerprint density at radius 2 is 1.83 bits per heavy atom. The van der Waals surface area contributed by atoms with Crippen molar-refractivity contribution in [1.29, 1.82) is 0 Å². The van der Waals surface area contributed by atoms with E-state index in [0.29, 0.717) is 6.04 Å². The van der Waals surface area contributed by atoms with Crippen LogP contribution in [0.2, 0.25) is 0 Å². The molecule has 2 aromatic carbocycles. The maximum absolute atomic E-state index is 5.83. The summed E-state index contributed by atoms with van der Waals surface area (Å²) in [6.07, 6.45) is 6.94. The van der Waals surface area contributed by atoms with Gasteiger partial charge >= 0.3 is 0 Å². The summed E-state index contributed by atoms with van der Waals surface area (Å²) in [7, 11) is 0. The molecule has 0 radical (unpaired) electrons.